The number of rotatable bonds is 7. The minimum atomic E-state index is -0.270. The molecule has 2 N–H and O–H groups in total. The fourth-order valence-electron chi connectivity index (χ4n) is 4.55. The van der Waals surface area contributed by atoms with Gasteiger partial charge in [0.25, 0.3) is 11.8 Å². The van der Waals surface area contributed by atoms with Crippen LogP contribution in [0.4, 0.5) is 11.4 Å². The van der Waals surface area contributed by atoms with E-state index in [2.05, 4.69) is 27.5 Å². The SMILES string of the molecule is Cc1ccc(C(=O)Nc2ccc(CN3CCN(C)CC3)c(Cl)c2)cc1NC(=O)c1cccc(-c2cccs2)c1. The van der Waals surface area contributed by atoms with Gasteiger partial charge in [-0.05, 0) is 78.5 Å². The topological polar surface area (TPSA) is 64.7 Å². The van der Waals surface area contributed by atoms with E-state index in [-0.39, 0.29) is 11.8 Å². The van der Waals surface area contributed by atoms with Gasteiger partial charge in [-0.25, -0.2) is 0 Å². The summed E-state index contributed by atoms with van der Waals surface area (Å²) in [6.07, 6.45) is 0. The average Bonchev–Trinajstić information content (AvgIpc) is 3.48. The Hall–Kier alpha value is -3.49. The Balaban J connectivity index is 1.25. The molecule has 2 heterocycles. The Morgan fingerprint density at radius 3 is 2.38 bits per heavy atom. The van der Waals surface area contributed by atoms with Crippen molar-refractivity contribution in [2.24, 2.45) is 0 Å². The second-order valence-corrected chi connectivity index (χ2v) is 11.2. The summed E-state index contributed by atoms with van der Waals surface area (Å²) in [6, 6.07) is 22.5. The number of carbonyl (C=O) groups excluding carboxylic acids is 2. The Labute approximate surface area is 238 Å². The molecular weight excluding hydrogens is 528 g/mol. The van der Waals surface area contributed by atoms with Gasteiger partial charge in [0.05, 0.1) is 0 Å². The number of carbonyl (C=O) groups is 2. The highest BCUT2D eigenvalue weighted by Crippen LogP contribution is 2.27. The van der Waals surface area contributed by atoms with Gasteiger partial charge in [-0.3, -0.25) is 14.5 Å². The van der Waals surface area contributed by atoms with Gasteiger partial charge in [0, 0.05) is 65.1 Å². The molecule has 1 aliphatic rings. The van der Waals surface area contributed by atoms with Gasteiger partial charge < -0.3 is 15.5 Å². The summed E-state index contributed by atoms with van der Waals surface area (Å²) >= 11 is 8.21. The Kier molecular flexibility index (Phi) is 8.43. The highest BCUT2D eigenvalue weighted by atomic mass is 35.5. The summed E-state index contributed by atoms with van der Waals surface area (Å²) in [5.74, 6) is -0.495. The van der Waals surface area contributed by atoms with E-state index in [0.29, 0.717) is 27.5 Å². The average molecular weight is 559 g/mol. The van der Waals surface area contributed by atoms with Crippen LogP contribution in [0.5, 0.6) is 0 Å². The summed E-state index contributed by atoms with van der Waals surface area (Å²) in [5.41, 5.74) is 5.13. The molecule has 2 amide bonds. The molecule has 1 saturated heterocycles. The molecule has 1 aliphatic heterocycles. The van der Waals surface area contributed by atoms with Crippen LogP contribution in [0.3, 0.4) is 0 Å². The lowest BCUT2D eigenvalue weighted by molar-refractivity contribution is 0.101. The molecule has 1 aromatic heterocycles. The Morgan fingerprint density at radius 1 is 0.872 bits per heavy atom. The van der Waals surface area contributed by atoms with Gasteiger partial charge in [0.15, 0.2) is 0 Å². The van der Waals surface area contributed by atoms with E-state index in [9.17, 15) is 9.59 Å². The quantitative estimate of drug-likeness (QED) is 0.267. The minimum Gasteiger partial charge on any atom is -0.322 e. The smallest absolute Gasteiger partial charge is 0.255 e. The molecule has 4 aromatic rings. The van der Waals surface area contributed by atoms with Gasteiger partial charge in [-0.2, -0.15) is 0 Å². The van der Waals surface area contributed by atoms with Crippen molar-refractivity contribution in [3.63, 3.8) is 0 Å². The van der Waals surface area contributed by atoms with E-state index >= 15 is 0 Å². The first-order chi connectivity index (χ1) is 18.9. The molecule has 0 unspecified atom stereocenters. The minimum absolute atomic E-state index is 0.225. The molecule has 0 saturated carbocycles. The first kappa shape index (κ1) is 27.1. The van der Waals surface area contributed by atoms with Crippen LogP contribution in [0.1, 0.15) is 31.8 Å². The number of anilines is 2. The third-order valence-corrected chi connectivity index (χ3v) is 8.25. The second kappa shape index (κ2) is 12.1. The molecule has 0 spiro atoms. The summed E-state index contributed by atoms with van der Waals surface area (Å²) in [4.78, 5) is 31.9. The molecule has 0 radical (unpaired) electrons. The number of likely N-dealkylation sites (N-methyl/N-ethyl adjacent to an activating group) is 1. The van der Waals surface area contributed by atoms with Crippen LogP contribution in [0, 0.1) is 6.92 Å². The number of hydrogen-bond acceptors (Lipinski definition) is 5. The molecule has 200 valence electrons. The molecule has 1 fully saturated rings. The molecule has 0 bridgehead atoms. The van der Waals surface area contributed by atoms with Crippen LogP contribution >= 0.6 is 22.9 Å². The Morgan fingerprint density at radius 2 is 1.64 bits per heavy atom. The predicted molar refractivity (Wildman–Crippen MR) is 161 cm³/mol. The van der Waals surface area contributed by atoms with Crippen LogP contribution in [0.2, 0.25) is 5.02 Å². The normalized spacial score (nSPS) is 14.2. The first-order valence-electron chi connectivity index (χ1n) is 12.9. The maximum atomic E-state index is 13.1. The standard InChI is InChI=1S/C31H31ClN4O2S/c1-21-8-9-24(18-28(21)34-31(38)23-6-3-5-22(17-23)29-7-4-16-39-29)30(37)33-26-11-10-25(27(32)19-26)20-36-14-12-35(2)13-15-36/h3-11,16-19H,12-15,20H2,1-2H3,(H,33,37)(H,34,38). The van der Waals surface area contributed by atoms with E-state index in [1.807, 2.05) is 60.8 Å². The zero-order chi connectivity index (χ0) is 27.4. The van der Waals surface area contributed by atoms with Gasteiger partial charge >= 0.3 is 0 Å². The van der Waals surface area contributed by atoms with Gasteiger partial charge in [-0.15, -0.1) is 11.3 Å². The number of thiophene rings is 1. The molecule has 0 atom stereocenters. The summed E-state index contributed by atoms with van der Waals surface area (Å²) in [6.45, 7) is 6.81. The van der Waals surface area contributed by atoms with Gasteiger partial charge in [0.1, 0.15) is 0 Å². The number of benzene rings is 3. The summed E-state index contributed by atoms with van der Waals surface area (Å²) < 4.78 is 0. The molecule has 3 aromatic carbocycles. The number of halogens is 1. The third-order valence-electron chi connectivity index (χ3n) is 6.98. The van der Waals surface area contributed by atoms with Crippen molar-refractivity contribution in [3.05, 3.63) is 105 Å². The molecular formula is C31H31ClN4O2S. The molecule has 5 rings (SSSR count). The molecule has 6 nitrogen and oxygen atoms in total. The zero-order valence-electron chi connectivity index (χ0n) is 22.0. The predicted octanol–water partition coefficient (Wildman–Crippen LogP) is 6.63. The van der Waals surface area contributed by atoms with Crippen molar-refractivity contribution in [1.82, 2.24) is 9.80 Å². The first-order valence-corrected chi connectivity index (χ1v) is 14.2. The summed E-state index contributed by atoms with van der Waals surface area (Å²) in [7, 11) is 2.14. The van der Waals surface area contributed by atoms with E-state index in [0.717, 1.165) is 54.3 Å². The van der Waals surface area contributed by atoms with Crippen LogP contribution in [0.25, 0.3) is 10.4 Å². The van der Waals surface area contributed by atoms with Gasteiger partial charge in [-0.1, -0.05) is 41.9 Å². The Bertz CT molecular complexity index is 1480. The number of aryl methyl sites for hydroxylation is 1. The lowest BCUT2D eigenvalue weighted by Crippen LogP contribution is -2.43. The van der Waals surface area contributed by atoms with Crippen molar-refractivity contribution in [2.75, 3.05) is 43.9 Å². The van der Waals surface area contributed by atoms with Crippen molar-refractivity contribution in [1.29, 1.82) is 0 Å². The third kappa shape index (κ3) is 6.75. The van der Waals surface area contributed by atoms with Crippen LogP contribution in [-0.2, 0) is 6.54 Å². The molecule has 0 aliphatic carbocycles. The maximum absolute atomic E-state index is 13.1. The summed E-state index contributed by atoms with van der Waals surface area (Å²) in [5, 5.41) is 8.55. The van der Waals surface area contributed by atoms with Crippen molar-refractivity contribution in [2.45, 2.75) is 13.5 Å². The zero-order valence-corrected chi connectivity index (χ0v) is 23.6. The number of hydrogen-bond donors (Lipinski definition) is 2. The monoisotopic (exact) mass is 558 g/mol. The molecule has 39 heavy (non-hydrogen) atoms. The van der Waals surface area contributed by atoms with E-state index in [1.165, 1.54) is 0 Å². The van der Waals surface area contributed by atoms with Crippen molar-refractivity contribution in [3.8, 4) is 10.4 Å². The van der Waals surface area contributed by atoms with Crippen LogP contribution in [-0.4, -0.2) is 54.8 Å². The fourth-order valence-corrected chi connectivity index (χ4v) is 5.52. The lowest BCUT2D eigenvalue weighted by atomic mass is 10.1. The van der Waals surface area contributed by atoms with Crippen LogP contribution in [0.15, 0.2) is 78.2 Å². The van der Waals surface area contributed by atoms with E-state index in [1.54, 1.807) is 35.6 Å². The van der Waals surface area contributed by atoms with E-state index in [4.69, 9.17) is 11.6 Å². The second-order valence-electron chi connectivity index (χ2n) is 9.88. The maximum Gasteiger partial charge on any atom is 0.255 e. The molecule has 8 heteroatoms. The van der Waals surface area contributed by atoms with Gasteiger partial charge in [0.2, 0.25) is 0 Å². The van der Waals surface area contributed by atoms with Crippen molar-refractivity contribution >= 4 is 46.1 Å². The largest absolute Gasteiger partial charge is 0.322 e. The highest BCUT2D eigenvalue weighted by Gasteiger charge is 2.16. The van der Waals surface area contributed by atoms with Crippen molar-refractivity contribution < 1.29 is 9.59 Å². The highest BCUT2D eigenvalue weighted by molar-refractivity contribution is 7.13. The van der Waals surface area contributed by atoms with E-state index < -0.39 is 0 Å². The number of nitrogens with one attached hydrogen (secondary N) is 2. The number of nitrogens with zero attached hydrogens (tertiary/aromatic N) is 2. The number of amides is 2. The lowest BCUT2D eigenvalue weighted by Gasteiger charge is -2.32. The number of piperazine rings is 1. The van der Waals surface area contributed by atoms with Crippen LogP contribution < -0.4 is 10.6 Å². The fraction of sp³-hybridized carbons (Fsp3) is 0.226.